The Kier molecular flexibility index (Phi) is 79.6. The van der Waals surface area contributed by atoms with Crippen molar-refractivity contribution in [2.45, 2.75) is 495 Å². The smallest absolute Gasteiger partial charge is 0.462 e. The molecule has 0 heterocycles. The maximum atomic E-state index is 13.2. The first-order chi connectivity index (χ1) is 51.7. The second kappa shape index (κ2) is 81.1. The van der Waals surface area contributed by atoms with E-state index in [9.17, 15) is 43.2 Å². The Morgan fingerprint density at radius 1 is 0.226 bits per heavy atom. The van der Waals surface area contributed by atoms with Gasteiger partial charge in [-0.3, -0.25) is 37.3 Å². The van der Waals surface area contributed by atoms with Gasteiger partial charge >= 0.3 is 39.5 Å². The maximum absolute atomic E-state index is 13.2. The van der Waals surface area contributed by atoms with Crippen LogP contribution in [0.15, 0.2) is 0 Å². The number of carbonyl (C=O) groups is 4. The quantitative estimate of drug-likeness (QED) is 0.0222. The number of carbonyl (C=O) groups excluding carboxylic acids is 4. The monoisotopic (exact) mass is 1550 g/mol. The Morgan fingerprint density at radius 3 is 0.557 bits per heavy atom. The first-order valence-electron chi connectivity index (χ1n) is 45.3. The van der Waals surface area contributed by atoms with E-state index in [1.807, 2.05) is 0 Å². The van der Waals surface area contributed by atoms with Crippen molar-refractivity contribution in [3.63, 3.8) is 0 Å². The number of ether oxygens (including phenoxy) is 4. The highest BCUT2D eigenvalue weighted by molar-refractivity contribution is 7.47. The van der Waals surface area contributed by atoms with Crippen molar-refractivity contribution in [2.24, 2.45) is 0 Å². The molecule has 630 valence electrons. The molecule has 0 aromatic rings. The van der Waals surface area contributed by atoms with Crippen LogP contribution in [0.25, 0.3) is 0 Å². The largest absolute Gasteiger partial charge is 0.472 e. The van der Waals surface area contributed by atoms with Gasteiger partial charge in [-0.25, -0.2) is 9.13 Å². The molecule has 2 unspecified atom stereocenters. The van der Waals surface area contributed by atoms with Gasteiger partial charge in [-0.05, 0) is 25.7 Å². The molecule has 0 radical (unpaired) electrons. The van der Waals surface area contributed by atoms with Crippen LogP contribution in [-0.4, -0.2) is 96.7 Å². The molecule has 19 heteroatoms. The lowest BCUT2D eigenvalue weighted by molar-refractivity contribution is -0.161. The SMILES string of the molecule is CCCCCCCCCCCCCCCCCCCCCCCC(=O)O[C@H](COC(=O)CCCCCCCCCCCCCCCCCCCC)COP(=O)(O)OC[C@@H](O)COP(=O)(O)OC[C@@H](COC(=O)CCCCCCCCCCCC)OC(=O)CCCCCCCCCCCCCCCCCCC. The predicted octanol–water partition coefficient (Wildman–Crippen LogP) is 26.9. The van der Waals surface area contributed by atoms with E-state index in [0.29, 0.717) is 25.7 Å². The number of hydrogen-bond donors (Lipinski definition) is 3. The average molecular weight is 1550 g/mol. The molecule has 17 nitrogen and oxygen atoms in total. The fourth-order valence-electron chi connectivity index (χ4n) is 13.7. The van der Waals surface area contributed by atoms with Gasteiger partial charge in [-0.1, -0.05) is 426 Å². The van der Waals surface area contributed by atoms with Crippen LogP contribution >= 0.6 is 15.6 Å². The standard InChI is InChI=1S/C87H170O17P2/c1-5-9-13-17-21-25-29-32-35-38-40-41-42-45-48-51-54-58-62-66-70-74-87(92)104-83(78-98-85(90)72-68-64-60-56-52-49-46-44-39-36-33-30-26-22-18-14-10-6-2)80-102-106(95,96)100-76-81(88)75-99-105(93,94)101-79-82(77-97-84(89)71-67-63-59-55-28-24-20-16-12-8-4)103-86(91)73-69-65-61-57-53-50-47-43-37-34-31-27-23-19-15-11-7-3/h81-83,88H,5-80H2,1-4H3,(H,93,94)(H,95,96)/t81-,82+,83+/m0/s1. The van der Waals surface area contributed by atoms with E-state index < -0.39 is 97.5 Å². The molecule has 3 N–H and O–H groups in total. The van der Waals surface area contributed by atoms with E-state index in [2.05, 4.69) is 27.7 Å². The van der Waals surface area contributed by atoms with Crippen LogP contribution in [-0.2, 0) is 65.4 Å². The lowest BCUT2D eigenvalue weighted by Crippen LogP contribution is -2.30. The summed E-state index contributed by atoms with van der Waals surface area (Å²) in [7, 11) is -9.93. The lowest BCUT2D eigenvalue weighted by Gasteiger charge is -2.21. The van der Waals surface area contributed by atoms with Crippen molar-refractivity contribution in [3.05, 3.63) is 0 Å². The Labute approximate surface area is 651 Å². The highest BCUT2D eigenvalue weighted by atomic mass is 31.2. The van der Waals surface area contributed by atoms with Crippen molar-refractivity contribution >= 4 is 39.5 Å². The highest BCUT2D eigenvalue weighted by Crippen LogP contribution is 2.45. The summed E-state index contributed by atoms with van der Waals surface area (Å²) >= 11 is 0. The number of esters is 4. The number of phosphoric ester groups is 2. The zero-order valence-electron chi connectivity index (χ0n) is 69.4. The van der Waals surface area contributed by atoms with E-state index >= 15 is 0 Å². The molecule has 0 amide bonds. The van der Waals surface area contributed by atoms with Crippen LogP contribution < -0.4 is 0 Å². The molecule has 0 saturated heterocycles. The maximum Gasteiger partial charge on any atom is 0.472 e. The van der Waals surface area contributed by atoms with Crippen molar-refractivity contribution in [2.75, 3.05) is 39.6 Å². The third-order valence-electron chi connectivity index (χ3n) is 20.6. The molecule has 106 heavy (non-hydrogen) atoms. The molecule has 0 spiro atoms. The zero-order valence-corrected chi connectivity index (χ0v) is 71.2. The van der Waals surface area contributed by atoms with Gasteiger partial charge in [0, 0.05) is 25.7 Å². The number of unbranched alkanes of at least 4 members (excludes halogenated alkanes) is 62. The molecular formula is C87H170O17P2. The summed E-state index contributed by atoms with van der Waals surface area (Å²) in [5, 5.41) is 10.7. The van der Waals surface area contributed by atoms with E-state index in [-0.39, 0.29) is 25.7 Å². The van der Waals surface area contributed by atoms with Crippen LogP contribution in [0.4, 0.5) is 0 Å². The Morgan fingerprint density at radius 2 is 0.377 bits per heavy atom. The Hall–Kier alpha value is -1.94. The van der Waals surface area contributed by atoms with Crippen molar-refractivity contribution in [1.82, 2.24) is 0 Å². The van der Waals surface area contributed by atoms with Crippen molar-refractivity contribution in [3.8, 4) is 0 Å². The highest BCUT2D eigenvalue weighted by Gasteiger charge is 2.30. The zero-order chi connectivity index (χ0) is 77.4. The van der Waals surface area contributed by atoms with Gasteiger partial charge in [0.1, 0.15) is 19.3 Å². The molecule has 0 aliphatic carbocycles. The molecule has 0 aromatic carbocycles. The molecule has 0 fully saturated rings. The normalized spacial score (nSPS) is 13.7. The lowest BCUT2D eigenvalue weighted by atomic mass is 10.0. The van der Waals surface area contributed by atoms with Gasteiger partial charge in [0.25, 0.3) is 0 Å². The van der Waals surface area contributed by atoms with Gasteiger partial charge in [0.15, 0.2) is 12.2 Å². The minimum atomic E-state index is -4.97. The van der Waals surface area contributed by atoms with Crippen LogP contribution in [0.5, 0.6) is 0 Å². The van der Waals surface area contributed by atoms with Crippen LogP contribution in [0, 0.1) is 0 Å². The molecule has 0 rings (SSSR count). The number of phosphoric acid groups is 2. The second-order valence-corrected chi connectivity index (χ2v) is 34.2. The van der Waals surface area contributed by atoms with Crippen molar-refractivity contribution < 1.29 is 80.2 Å². The summed E-state index contributed by atoms with van der Waals surface area (Å²) in [4.78, 5) is 73.2. The molecule has 0 bridgehead atoms. The summed E-state index contributed by atoms with van der Waals surface area (Å²) in [5.74, 6) is -2.10. The number of aliphatic hydroxyl groups is 1. The van der Waals surface area contributed by atoms with Gasteiger partial charge in [-0.15, -0.1) is 0 Å². The fraction of sp³-hybridized carbons (Fsp3) is 0.954. The topological polar surface area (TPSA) is 237 Å². The summed E-state index contributed by atoms with van der Waals surface area (Å²) in [6, 6.07) is 0. The molecule has 0 aliphatic heterocycles. The molecule has 5 atom stereocenters. The summed E-state index contributed by atoms with van der Waals surface area (Å²) in [5.41, 5.74) is 0. The molecular weight excluding hydrogens is 1380 g/mol. The van der Waals surface area contributed by atoms with Crippen LogP contribution in [0.1, 0.15) is 477 Å². The summed E-state index contributed by atoms with van der Waals surface area (Å²) in [6.07, 6.45) is 76.4. The Balaban J connectivity index is 5.22. The average Bonchev–Trinajstić information content (AvgIpc) is 0.902. The minimum absolute atomic E-state index is 0.109. The van der Waals surface area contributed by atoms with Crippen molar-refractivity contribution in [1.29, 1.82) is 0 Å². The van der Waals surface area contributed by atoms with Gasteiger partial charge in [-0.2, -0.15) is 0 Å². The van der Waals surface area contributed by atoms with Gasteiger partial charge in [0.05, 0.1) is 26.4 Å². The summed E-state index contributed by atoms with van der Waals surface area (Å²) in [6.45, 7) is 5.06. The van der Waals surface area contributed by atoms with Gasteiger partial charge < -0.3 is 33.8 Å². The first-order valence-corrected chi connectivity index (χ1v) is 48.3. The molecule has 0 saturated carbocycles. The number of hydrogen-bond acceptors (Lipinski definition) is 15. The second-order valence-electron chi connectivity index (χ2n) is 31.3. The summed E-state index contributed by atoms with van der Waals surface area (Å²) < 4.78 is 68.9. The van der Waals surface area contributed by atoms with E-state index in [1.54, 1.807) is 0 Å². The predicted molar refractivity (Wildman–Crippen MR) is 437 cm³/mol. The fourth-order valence-corrected chi connectivity index (χ4v) is 15.3. The number of rotatable bonds is 88. The minimum Gasteiger partial charge on any atom is -0.462 e. The van der Waals surface area contributed by atoms with E-state index in [0.717, 1.165) is 89.9 Å². The third-order valence-corrected chi connectivity index (χ3v) is 22.5. The molecule has 0 aromatic heterocycles. The Bertz CT molecular complexity index is 2000. The van der Waals surface area contributed by atoms with Crippen LogP contribution in [0.3, 0.4) is 0 Å². The molecule has 0 aliphatic rings. The number of aliphatic hydroxyl groups excluding tert-OH is 1. The van der Waals surface area contributed by atoms with Crippen LogP contribution in [0.2, 0.25) is 0 Å². The van der Waals surface area contributed by atoms with E-state index in [4.69, 9.17) is 37.0 Å². The van der Waals surface area contributed by atoms with E-state index in [1.165, 1.54) is 308 Å². The first kappa shape index (κ1) is 104. The third kappa shape index (κ3) is 80.1. The van der Waals surface area contributed by atoms with Gasteiger partial charge in [0.2, 0.25) is 0 Å².